The number of rotatable bonds is 2. The third-order valence-electron chi connectivity index (χ3n) is 3.00. The first-order chi connectivity index (χ1) is 8.82. The molecule has 8 heteroatoms. The number of β-amino-alcohol motifs (C(OH)–C–C–N with tert-alkyl or cyclic N) is 1. The van der Waals surface area contributed by atoms with Gasteiger partial charge in [0.2, 0.25) is 0 Å². The van der Waals surface area contributed by atoms with E-state index in [1.165, 1.54) is 17.0 Å². The molecular weight excluding hydrogens is 329 g/mol. The van der Waals surface area contributed by atoms with Gasteiger partial charge in [-0.25, -0.2) is 4.98 Å². The Morgan fingerprint density at radius 3 is 2.68 bits per heavy atom. The van der Waals surface area contributed by atoms with Crippen molar-refractivity contribution in [1.29, 1.82) is 0 Å². The average Bonchev–Trinajstić information content (AvgIpc) is 2.69. The van der Waals surface area contributed by atoms with Crippen LogP contribution in [-0.4, -0.2) is 40.5 Å². The second kappa shape index (κ2) is 5.26. The second-order valence-corrected chi connectivity index (χ2v) is 5.23. The lowest BCUT2D eigenvalue weighted by Gasteiger charge is -2.24. The number of pyridine rings is 1. The molecule has 0 bridgehead atoms. The van der Waals surface area contributed by atoms with E-state index in [-0.39, 0.29) is 23.4 Å². The summed E-state index contributed by atoms with van der Waals surface area (Å²) < 4.78 is 38.1. The van der Waals surface area contributed by atoms with Gasteiger partial charge >= 0.3 is 6.18 Å². The first kappa shape index (κ1) is 14.5. The molecule has 0 aromatic carbocycles. The number of aliphatic hydroxyl groups excluding tert-OH is 2. The quantitative estimate of drug-likeness (QED) is 0.861. The lowest BCUT2D eigenvalue weighted by Crippen LogP contribution is -2.33. The van der Waals surface area contributed by atoms with Crippen LogP contribution < -0.4 is 4.90 Å². The van der Waals surface area contributed by atoms with Crippen molar-refractivity contribution in [2.75, 3.05) is 18.1 Å². The Morgan fingerprint density at radius 1 is 1.42 bits per heavy atom. The number of alkyl halides is 3. The van der Waals surface area contributed by atoms with Crippen molar-refractivity contribution in [3.05, 3.63) is 22.3 Å². The van der Waals surface area contributed by atoms with E-state index in [9.17, 15) is 23.4 Å². The topological polar surface area (TPSA) is 56.6 Å². The van der Waals surface area contributed by atoms with E-state index in [0.29, 0.717) is 6.42 Å². The van der Waals surface area contributed by atoms with E-state index in [2.05, 4.69) is 20.9 Å². The van der Waals surface area contributed by atoms with Gasteiger partial charge < -0.3 is 15.1 Å². The predicted octanol–water partition coefficient (Wildman–Crippen LogP) is 1.79. The van der Waals surface area contributed by atoms with Crippen molar-refractivity contribution in [1.82, 2.24) is 4.98 Å². The maximum atomic E-state index is 12.8. The van der Waals surface area contributed by atoms with Gasteiger partial charge in [0.15, 0.2) is 5.69 Å². The number of aliphatic hydroxyl groups is 2. The highest BCUT2D eigenvalue weighted by Gasteiger charge is 2.37. The van der Waals surface area contributed by atoms with Crippen LogP contribution in [-0.2, 0) is 6.18 Å². The lowest BCUT2D eigenvalue weighted by atomic mass is 10.2. The van der Waals surface area contributed by atoms with Crippen molar-refractivity contribution >= 4 is 21.7 Å². The molecule has 19 heavy (non-hydrogen) atoms. The summed E-state index contributed by atoms with van der Waals surface area (Å²) in [5, 5.41) is 18.7. The fourth-order valence-corrected chi connectivity index (χ4v) is 2.58. The van der Waals surface area contributed by atoms with E-state index in [4.69, 9.17) is 0 Å². The SMILES string of the molecule is OC[C@@H]1C[C@@H](O)CN1c1ccc(Br)c(C(F)(F)F)n1. The molecule has 0 unspecified atom stereocenters. The monoisotopic (exact) mass is 340 g/mol. The van der Waals surface area contributed by atoms with Gasteiger partial charge in [-0.05, 0) is 34.5 Å². The Bertz CT molecular complexity index is 470. The van der Waals surface area contributed by atoms with E-state index in [0.717, 1.165) is 0 Å². The first-order valence-electron chi connectivity index (χ1n) is 5.62. The summed E-state index contributed by atoms with van der Waals surface area (Å²) in [5.74, 6) is 0.103. The Balaban J connectivity index is 2.36. The van der Waals surface area contributed by atoms with Crippen LogP contribution in [0.1, 0.15) is 12.1 Å². The molecule has 4 nitrogen and oxygen atoms in total. The molecule has 2 atom stereocenters. The van der Waals surface area contributed by atoms with E-state index in [1.54, 1.807) is 0 Å². The highest BCUT2D eigenvalue weighted by Crippen LogP contribution is 2.35. The van der Waals surface area contributed by atoms with Crippen LogP contribution in [0.25, 0.3) is 0 Å². The third-order valence-corrected chi connectivity index (χ3v) is 3.64. The summed E-state index contributed by atoms with van der Waals surface area (Å²) in [6.45, 7) is -0.0761. The zero-order valence-corrected chi connectivity index (χ0v) is 11.3. The van der Waals surface area contributed by atoms with E-state index < -0.39 is 24.0 Å². The summed E-state index contributed by atoms with van der Waals surface area (Å²) in [7, 11) is 0. The molecule has 1 saturated heterocycles. The third kappa shape index (κ3) is 3.01. The zero-order chi connectivity index (χ0) is 14.2. The first-order valence-corrected chi connectivity index (χ1v) is 6.41. The summed E-state index contributed by atoms with van der Waals surface area (Å²) >= 11 is 2.82. The molecule has 0 saturated carbocycles. The largest absolute Gasteiger partial charge is 0.434 e. The minimum absolute atomic E-state index is 0.103. The number of anilines is 1. The molecule has 1 aromatic rings. The van der Waals surface area contributed by atoms with Crippen molar-refractivity contribution in [2.45, 2.75) is 24.7 Å². The van der Waals surface area contributed by atoms with Gasteiger partial charge in [-0.2, -0.15) is 13.2 Å². The Labute approximate surface area is 116 Å². The summed E-state index contributed by atoms with van der Waals surface area (Å²) in [4.78, 5) is 5.08. The van der Waals surface area contributed by atoms with Crippen LogP contribution in [0.2, 0.25) is 0 Å². The number of hydrogen-bond acceptors (Lipinski definition) is 4. The molecule has 0 aliphatic carbocycles. The van der Waals surface area contributed by atoms with Crippen LogP contribution in [0, 0.1) is 0 Å². The minimum atomic E-state index is -4.55. The maximum absolute atomic E-state index is 12.8. The Morgan fingerprint density at radius 2 is 2.11 bits per heavy atom. The van der Waals surface area contributed by atoms with Crippen molar-refractivity contribution < 1.29 is 23.4 Å². The Hall–Kier alpha value is -0.860. The molecule has 2 N–H and O–H groups in total. The molecule has 2 heterocycles. The molecule has 2 rings (SSSR count). The molecule has 106 valence electrons. The molecule has 1 fully saturated rings. The lowest BCUT2D eigenvalue weighted by molar-refractivity contribution is -0.141. The Kier molecular flexibility index (Phi) is 4.03. The predicted molar refractivity (Wildman–Crippen MR) is 65.8 cm³/mol. The molecule has 0 radical (unpaired) electrons. The van der Waals surface area contributed by atoms with Gasteiger partial charge in [0.25, 0.3) is 0 Å². The number of nitrogens with zero attached hydrogens (tertiary/aromatic N) is 2. The highest BCUT2D eigenvalue weighted by atomic mass is 79.9. The molecule has 1 aliphatic heterocycles. The van der Waals surface area contributed by atoms with Crippen LogP contribution in [0.15, 0.2) is 16.6 Å². The fourth-order valence-electron chi connectivity index (χ4n) is 2.14. The van der Waals surface area contributed by atoms with Gasteiger partial charge in [0.1, 0.15) is 5.82 Å². The van der Waals surface area contributed by atoms with Crippen molar-refractivity contribution in [3.8, 4) is 0 Å². The van der Waals surface area contributed by atoms with Gasteiger partial charge in [-0.1, -0.05) is 0 Å². The summed E-state index contributed by atoms with van der Waals surface area (Å²) in [6.07, 6.45) is -4.91. The molecule has 1 aliphatic rings. The van der Waals surface area contributed by atoms with Gasteiger partial charge in [0, 0.05) is 11.0 Å². The van der Waals surface area contributed by atoms with Gasteiger partial charge in [0.05, 0.1) is 18.8 Å². The van der Waals surface area contributed by atoms with Crippen LogP contribution in [0.5, 0.6) is 0 Å². The molecule has 1 aromatic heterocycles. The van der Waals surface area contributed by atoms with Crippen LogP contribution in [0.3, 0.4) is 0 Å². The highest BCUT2D eigenvalue weighted by molar-refractivity contribution is 9.10. The normalized spacial score (nSPS) is 24.0. The summed E-state index contributed by atoms with van der Waals surface area (Å²) in [6, 6.07) is 2.29. The van der Waals surface area contributed by atoms with Crippen molar-refractivity contribution in [2.24, 2.45) is 0 Å². The van der Waals surface area contributed by atoms with Gasteiger partial charge in [-0.3, -0.25) is 0 Å². The zero-order valence-electron chi connectivity index (χ0n) is 9.73. The standard InChI is InChI=1S/C11H12BrF3N2O2/c12-8-1-2-9(16-10(8)11(13,14)15)17-4-7(19)3-6(17)5-18/h1-2,6-7,18-19H,3-5H2/t6-,7+/m0/s1. The molecule has 0 spiro atoms. The second-order valence-electron chi connectivity index (χ2n) is 4.38. The molecule has 0 amide bonds. The maximum Gasteiger partial charge on any atom is 0.434 e. The van der Waals surface area contributed by atoms with Crippen molar-refractivity contribution in [3.63, 3.8) is 0 Å². The van der Waals surface area contributed by atoms with Crippen LogP contribution >= 0.6 is 15.9 Å². The number of aromatic nitrogens is 1. The molecular formula is C11H12BrF3N2O2. The smallest absolute Gasteiger partial charge is 0.394 e. The van der Waals surface area contributed by atoms with E-state index in [1.807, 2.05) is 0 Å². The average molecular weight is 341 g/mol. The fraction of sp³-hybridized carbons (Fsp3) is 0.545. The summed E-state index contributed by atoms with van der Waals surface area (Å²) in [5.41, 5.74) is -1.01. The van der Waals surface area contributed by atoms with Gasteiger partial charge in [-0.15, -0.1) is 0 Å². The number of hydrogen-bond donors (Lipinski definition) is 2. The van der Waals surface area contributed by atoms with E-state index >= 15 is 0 Å². The minimum Gasteiger partial charge on any atom is -0.394 e. The van der Waals surface area contributed by atoms with Crippen LogP contribution in [0.4, 0.5) is 19.0 Å². The number of halogens is 4.